The summed E-state index contributed by atoms with van der Waals surface area (Å²) in [6.45, 7) is 1.06. The van der Waals surface area contributed by atoms with E-state index in [0.717, 1.165) is 24.4 Å². The third-order valence-corrected chi connectivity index (χ3v) is 3.05. The van der Waals surface area contributed by atoms with Crippen molar-refractivity contribution in [3.8, 4) is 0 Å². The van der Waals surface area contributed by atoms with Gasteiger partial charge in [-0.3, -0.25) is 4.79 Å². The van der Waals surface area contributed by atoms with Gasteiger partial charge in [-0.05, 0) is 37.0 Å². The number of rotatable bonds is 4. The van der Waals surface area contributed by atoms with Crippen molar-refractivity contribution in [3.05, 3.63) is 28.8 Å². The number of nitrogens with zero attached hydrogens (tertiary/aromatic N) is 1. The van der Waals surface area contributed by atoms with E-state index in [1.54, 1.807) is 12.1 Å². The lowest BCUT2D eigenvalue weighted by molar-refractivity contribution is 0.112. The van der Waals surface area contributed by atoms with Gasteiger partial charge in [-0.1, -0.05) is 11.6 Å². The summed E-state index contributed by atoms with van der Waals surface area (Å²) in [6, 6.07) is 5.43. The molecule has 0 bridgehead atoms. The Kier molecular flexibility index (Phi) is 2.96. The zero-order valence-corrected chi connectivity index (χ0v) is 9.50. The summed E-state index contributed by atoms with van der Waals surface area (Å²) in [5.74, 6) is 0.830. The minimum absolute atomic E-state index is 0.628. The van der Waals surface area contributed by atoms with E-state index in [1.807, 2.05) is 13.1 Å². The fraction of sp³-hybridized carbons (Fsp3) is 0.417. The molecule has 15 heavy (non-hydrogen) atoms. The van der Waals surface area contributed by atoms with E-state index >= 15 is 0 Å². The number of halogens is 1. The minimum atomic E-state index is 0.628. The molecule has 1 fully saturated rings. The Morgan fingerprint density at radius 2 is 2.27 bits per heavy atom. The quantitative estimate of drug-likeness (QED) is 0.732. The monoisotopic (exact) mass is 223 g/mol. The maximum atomic E-state index is 10.6. The third kappa shape index (κ3) is 2.51. The van der Waals surface area contributed by atoms with E-state index < -0.39 is 0 Å². The number of carbonyl (C=O) groups is 1. The number of hydrogen-bond donors (Lipinski definition) is 0. The molecule has 2 rings (SSSR count). The van der Waals surface area contributed by atoms with Crippen LogP contribution in [-0.4, -0.2) is 19.9 Å². The largest absolute Gasteiger partial charge is 0.373 e. The van der Waals surface area contributed by atoms with Crippen molar-refractivity contribution in [2.75, 3.05) is 18.5 Å². The highest BCUT2D eigenvalue weighted by molar-refractivity contribution is 6.33. The molecule has 0 radical (unpaired) electrons. The maximum Gasteiger partial charge on any atom is 0.150 e. The summed E-state index contributed by atoms with van der Waals surface area (Å²) in [5, 5.41) is 0.655. The molecule has 0 heterocycles. The van der Waals surface area contributed by atoms with Crippen LogP contribution in [0, 0.1) is 5.92 Å². The molecule has 0 N–H and O–H groups in total. The SMILES string of the molecule is CN(CC1CC1)c1ccc(C=O)cc1Cl. The van der Waals surface area contributed by atoms with Crippen LogP contribution < -0.4 is 4.90 Å². The van der Waals surface area contributed by atoms with E-state index in [9.17, 15) is 4.79 Å². The molecule has 0 saturated heterocycles. The van der Waals surface area contributed by atoms with E-state index in [1.165, 1.54) is 12.8 Å². The zero-order valence-electron chi connectivity index (χ0n) is 8.74. The zero-order chi connectivity index (χ0) is 10.8. The number of anilines is 1. The predicted octanol–water partition coefficient (Wildman–Crippen LogP) is 3.00. The number of aldehydes is 1. The van der Waals surface area contributed by atoms with Crippen LogP contribution in [0.15, 0.2) is 18.2 Å². The molecule has 1 aromatic carbocycles. The van der Waals surface area contributed by atoms with Gasteiger partial charge in [0.1, 0.15) is 6.29 Å². The van der Waals surface area contributed by atoms with Crippen LogP contribution in [0.25, 0.3) is 0 Å². The fourth-order valence-electron chi connectivity index (χ4n) is 1.69. The van der Waals surface area contributed by atoms with Crippen LogP contribution in [0.4, 0.5) is 5.69 Å². The molecular weight excluding hydrogens is 210 g/mol. The van der Waals surface area contributed by atoms with Gasteiger partial charge in [0, 0.05) is 19.2 Å². The van der Waals surface area contributed by atoms with Crippen LogP contribution in [0.3, 0.4) is 0 Å². The molecule has 0 aliphatic heterocycles. The van der Waals surface area contributed by atoms with Crippen molar-refractivity contribution in [2.24, 2.45) is 5.92 Å². The molecule has 80 valence electrons. The van der Waals surface area contributed by atoms with Crippen molar-refractivity contribution < 1.29 is 4.79 Å². The molecule has 0 amide bonds. The molecule has 1 aliphatic rings. The Bertz CT molecular complexity index is 374. The van der Waals surface area contributed by atoms with E-state index in [4.69, 9.17) is 11.6 Å². The Hall–Kier alpha value is -1.02. The van der Waals surface area contributed by atoms with Crippen molar-refractivity contribution >= 4 is 23.6 Å². The van der Waals surface area contributed by atoms with Crippen LogP contribution in [0.2, 0.25) is 5.02 Å². The van der Waals surface area contributed by atoms with Gasteiger partial charge in [0.05, 0.1) is 10.7 Å². The first-order chi connectivity index (χ1) is 7.20. The van der Waals surface area contributed by atoms with Gasteiger partial charge in [-0.15, -0.1) is 0 Å². The van der Waals surface area contributed by atoms with Crippen molar-refractivity contribution in [1.29, 1.82) is 0 Å². The predicted molar refractivity (Wildman–Crippen MR) is 62.8 cm³/mol. The van der Waals surface area contributed by atoms with Gasteiger partial charge < -0.3 is 4.90 Å². The Balaban J connectivity index is 2.15. The van der Waals surface area contributed by atoms with Crippen molar-refractivity contribution in [2.45, 2.75) is 12.8 Å². The topological polar surface area (TPSA) is 20.3 Å². The second kappa shape index (κ2) is 4.23. The highest BCUT2D eigenvalue weighted by Gasteiger charge is 2.23. The summed E-state index contributed by atoms with van der Waals surface area (Å²) in [5.41, 5.74) is 1.64. The lowest BCUT2D eigenvalue weighted by Gasteiger charge is -2.20. The standard InChI is InChI=1S/C12H14ClNO/c1-14(7-9-2-3-9)12-5-4-10(8-15)6-11(12)13/h4-6,8-9H,2-3,7H2,1H3. The van der Waals surface area contributed by atoms with E-state index in [2.05, 4.69) is 4.90 Å². The van der Waals surface area contributed by atoms with Crippen molar-refractivity contribution in [3.63, 3.8) is 0 Å². The summed E-state index contributed by atoms with van der Waals surface area (Å²) < 4.78 is 0. The van der Waals surface area contributed by atoms with Crippen LogP contribution in [0.1, 0.15) is 23.2 Å². The molecule has 3 heteroatoms. The van der Waals surface area contributed by atoms with Gasteiger partial charge in [-0.25, -0.2) is 0 Å². The molecule has 2 nitrogen and oxygen atoms in total. The summed E-state index contributed by atoms with van der Waals surface area (Å²) >= 11 is 6.11. The van der Waals surface area contributed by atoms with Crippen LogP contribution in [-0.2, 0) is 0 Å². The Labute approximate surface area is 94.8 Å². The van der Waals surface area contributed by atoms with Gasteiger partial charge in [0.2, 0.25) is 0 Å². The second-order valence-electron chi connectivity index (χ2n) is 4.15. The van der Waals surface area contributed by atoms with Gasteiger partial charge in [0.15, 0.2) is 0 Å². The van der Waals surface area contributed by atoms with E-state index in [0.29, 0.717) is 10.6 Å². The summed E-state index contributed by atoms with van der Waals surface area (Å²) in [6.07, 6.45) is 3.47. The number of carbonyl (C=O) groups excluding carboxylic acids is 1. The highest BCUT2D eigenvalue weighted by atomic mass is 35.5. The second-order valence-corrected chi connectivity index (χ2v) is 4.56. The lowest BCUT2D eigenvalue weighted by Crippen LogP contribution is -2.20. The molecular formula is C12H14ClNO. The molecule has 1 saturated carbocycles. The lowest BCUT2D eigenvalue weighted by atomic mass is 10.2. The summed E-state index contributed by atoms with van der Waals surface area (Å²) in [7, 11) is 2.04. The molecule has 1 aliphatic carbocycles. The number of hydrogen-bond acceptors (Lipinski definition) is 2. The molecule has 1 aromatic rings. The van der Waals surface area contributed by atoms with Crippen LogP contribution >= 0.6 is 11.6 Å². The summed E-state index contributed by atoms with van der Waals surface area (Å²) in [4.78, 5) is 12.7. The highest BCUT2D eigenvalue weighted by Crippen LogP contribution is 2.33. The van der Waals surface area contributed by atoms with Crippen LogP contribution in [0.5, 0.6) is 0 Å². The third-order valence-electron chi connectivity index (χ3n) is 2.75. The average Bonchev–Trinajstić information content (AvgIpc) is 3.01. The first-order valence-corrected chi connectivity index (χ1v) is 5.54. The first-order valence-electron chi connectivity index (χ1n) is 5.16. The van der Waals surface area contributed by atoms with Gasteiger partial charge in [-0.2, -0.15) is 0 Å². The fourth-order valence-corrected chi connectivity index (χ4v) is 2.03. The Morgan fingerprint density at radius 3 is 2.80 bits per heavy atom. The van der Waals surface area contributed by atoms with Gasteiger partial charge in [0.25, 0.3) is 0 Å². The minimum Gasteiger partial charge on any atom is -0.373 e. The van der Waals surface area contributed by atoms with Crippen molar-refractivity contribution in [1.82, 2.24) is 0 Å². The van der Waals surface area contributed by atoms with E-state index in [-0.39, 0.29) is 0 Å². The smallest absolute Gasteiger partial charge is 0.150 e. The first kappa shape index (κ1) is 10.5. The normalized spacial score (nSPS) is 15.1. The maximum absolute atomic E-state index is 10.6. The average molecular weight is 224 g/mol. The molecule has 0 aromatic heterocycles. The number of benzene rings is 1. The molecule has 0 spiro atoms. The Morgan fingerprint density at radius 1 is 1.53 bits per heavy atom. The molecule has 0 unspecified atom stereocenters. The molecule has 0 atom stereocenters. The van der Waals surface area contributed by atoms with Gasteiger partial charge >= 0.3 is 0 Å².